The van der Waals surface area contributed by atoms with Crippen LogP contribution in [0.1, 0.15) is 57.6 Å². The number of aromatic nitrogens is 5. The van der Waals surface area contributed by atoms with Crippen molar-refractivity contribution in [3.05, 3.63) is 40.3 Å². The summed E-state index contributed by atoms with van der Waals surface area (Å²) in [6.45, 7) is 5.98. The molecule has 2 aliphatic carbocycles. The number of nitrogens with one attached hydrogen (secondary N) is 1. The average molecular weight is 592 g/mol. The standard InChI is InChI=1S/C26H31F2N7O5S/c1-4-9-41-25-30-23(29-17-11-14(17)13-5-6-15(27)16(28)10-13)20-24(31-25)35(33-32-20)18-12-19(37-7-8-38-34-36)22-21(18)39-26(2,3)40-22/h5-6,10,14,17-19,21-22H,4,7-9,11-12H2,1-3H3,(H,29,30,31)/t14-,17+,18+,19-,21-,22+/m0/s1. The lowest BCUT2D eigenvalue weighted by molar-refractivity contribution is -0.171. The summed E-state index contributed by atoms with van der Waals surface area (Å²) in [4.78, 5) is 24.4. The molecule has 6 atom stereocenters. The summed E-state index contributed by atoms with van der Waals surface area (Å²) in [5.74, 6) is -1.14. The number of nitrogens with zero attached hydrogens (tertiary/aromatic N) is 6. The van der Waals surface area contributed by atoms with E-state index in [1.807, 2.05) is 13.8 Å². The van der Waals surface area contributed by atoms with E-state index >= 15 is 0 Å². The van der Waals surface area contributed by atoms with Crippen molar-refractivity contribution in [2.45, 2.75) is 87.3 Å². The summed E-state index contributed by atoms with van der Waals surface area (Å²) in [5.41, 5.74) is 1.79. The van der Waals surface area contributed by atoms with E-state index in [1.165, 1.54) is 17.8 Å². The van der Waals surface area contributed by atoms with Crippen LogP contribution in [0, 0.1) is 16.5 Å². The second-order valence-electron chi connectivity index (χ2n) is 10.9. The maximum Gasteiger partial charge on any atom is 0.191 e. The number of hydrogen-bond acceptors (Lipinski definition) is 12. The molecular weight excluding hydrogens is 560 g/mol. The van der Waals surface area contributed by atoms with Gasteiger partial charge in [0.15, 0.2) is 44.9 Å². The SMILES string of the molecule is CCCSc1nc(N[C@@H]2C[C@H]2c2ccc(F)c(F)c2)c2nnn([C@@H]3C[C@H](OCCON=O)[C@H]4OC(C)(C)O[C@H]43)c2n1. The highest BCUT2D eigenvalue weighted by Gasteiger charge is 2.56. The Bertz CT molecular complexity index is 1430. The van der Waals surface area contributed by atoms with Crippen LogP contribution in [0.15, 0.2) is 28.7 Å². The minimum Gasteiger partial charge on any atom is -0.372 e. The fourth-order valence-corrected chi connectivity index (χ4v) is 6.31. The zero-order valence-electron chi connectivity index (χ0n) is 22.8. The Morgan fingerprint density at radius 3 is 2.78 bits per heavy atom. The van der Waals surface area contributed by atoms with Gasteiger partial charge in [0, 0.05) is 24.1 Å². The quantitative estimate of drug-likeness (QED) is 0.105. The van der Waals surface area contributed by atoms with Crippen molar-refractivity contribution >= 4 is 28.7 Å². The van der Waals surface area contributed by atoms with Crippen molar-refractivity contribution in [1.29, 1.82) is 0 Å². The maximum absolute atomic E-state index is 13.8. The molecule has 2 aromatic heterocycles. The van der Waals surface area contributed by atoms with Crippen LogP contribution in [0.5, 0.6) is 0 Å². The first-order chi connectivity index (χ1) is 19.8. The zero-order chi connectivity index (χ0) is 28.7. The van der Waals surface area contributed by atoms with Crippen LogP contribution < -0.4 is 5.32 Å². The number of rotatable bonds is 12. The fourth-order valence-electron chi connectivity index (χ4n) is 5.62. The van der Waals surface area contributed by atoms with Gasteiger partial charge < -0.3 is 24.4 Å². The smallest absolute Gasteiger partial charge is 0.191 e. The third kappa shape index (κ3) is 5.72. The van der Waals surface area contributed by atoms with Crippen molar-refractivity contribution in [2.75, 3.05) is 24.3 Å². The lowest BCUT2D eigenvalue weighted by Crippen LogP contribution is -2.31. The molecule has 0 bridgehead atoms. The number of thioether (sulfide) groups is 1. The van der Waals surface area contributed by atoms with Crippen LogP contribution >= 0.6 is 11.8 Å². The third-order valence-electron chi connectivity index (χ3n) is 7.48. The van der Waals surface area contributed by atoms with Crippen molar-refractivity contribution in [1.82, 2.24) is 25.0 Å². The second-order valence-corrected chi connectivity index (χ2v) is 11.9. The molecule has 6 rings (SSSR count). The number of benzene rings is 1. The summed E-state index contributed by atoms with van der Waals surface area (Å²) in [5, 5.41) is 15.4. The summed E-state index contributed by atoms with van der Waals surface area (Å²) in [6, 6.07) is 3.71. The van der Waals surface area contributed by atoms with E-state index in [1.54, 1.807) is 10.7 Å². The Morgan fingerprint density at radius 2 is 2.00 bits per heavy atom. The lowest BCUT2D eigenvalue weighted by atomic mass is 10.1. The molecule has 220 valence electrons. The van der Waals surface area contributed by atoms with Gasteiger partial charge in [0.2, 0.25) is 0 Å². The molecule has 3 aliphatic rings. The Kier molecular flexibility index (Phi) is 7.78. The molecule has 1 aromatic carbocycles. The number of ether oxygens (including phenoxy) is 3. The second kappa shape index (κ2) is 11.3. The monoisotopic (exact) mass is 591 g/mol. The van der Waals surface area contributed by atoms with Gasteiger partial charge in [0.05, 0.1) is 18.8 Å². The van der Waals surface area contributed by atoms with Gasteiger partial charge in [-0.2, -0.15) is 0 Å². The first kappa shape index (κ1) is 28.1. The molecule has 0 amide bonds. The van der Waals surface area contributed by atoms with Crippen LogP contribution in [0.4, 0.5) is 14.6 Å². The predicted molar refractivity (Wildman–Crippen MR) is 144 cm³/mol. The van der Waals surface area contributed by atoms with E-state index in [4.69, 9.17) is 24.2 Å². The van der Waals surface area contributed by atoms with E-state index in [0.717, 1.165) is 30.2 Å². The first-order valence-corrected chi connectivity index (χ1v) is 14.7. The maximum atomic E-state index is 13.8. The number of fused-ring (bicyclic) bond motifs is 2. The Balaban J connectivity index is 1.28. The van der Waals surface area contributed by atoms with E-state index in [9.17, 15) is 13.7 Å². The van der Waals surface area contributed by atoms with Crippen molar-refractivity contribution in [3.8, 4) is 0 Å². The largest absolute Gasteiger partial charge is 0.372 e. The summed E-state index contributed by atoms with van der Waals surface area (Å²) >= 11 is 1.54. The molecule has 15 heteroatoms. The van der Waals surface area contributed by atoms with Gasteiger partial charge in [0.25, 0.3) is 0 Å². The molecule has 2 saturated carbocycles. The number of halogens is 2. The molecule has 3 fully saturated rings. The normalized spacial score (nSPS) is 28.1. The van der Waals surface area contributed by atoms with E-state index in [0.29, 0.717) is 28.6 Å². The molecule has 41 heavy (non-hydrogen) atoms. The topological polar surface area (TPSA) is 135 Å². The molecule has 0 spiro atoms. The van der Waals surface area contributed by atoms with E-state index in [-0.39, 0.29) is 49.5 Å². The van der Waals surface area contributed by atoms with Crippen molar-refractivity contribution < 1.29 is 27.8 Å². The van der Waals surface area contributed by atoms with Crippen LogP contribution in [0.25, 0.3) is 11.2 Å². The van der Waals surface area contributed by atoms with Gasteiger partial charge in [0.1, 0.15) is 18.8 Å². The molecule has 0 radical (unpaired) electrons. The lowest BCUT2D eigenvalue weighted by Gasteiger charge is -2.23. The van der Waals surface area contributed by atoms with Crippen LogP contribution in [0.3, 0.4) is 0 Å². The predicted octanol–water partition coefficient (Wildman–Crippen LogP) is 4.52. The minimum absolute atomic E-state index is 0.0174. The van der Waals surface area contributed by atoms with Gasteiger partial charge in [-0.25, -0.2) is 23.4 Å². The molecule has 1 aliphatic heterocycles. The average Bonchev–Trinajstić information content (AvgIpc) is 3.28. The third-order valence-corrected chi connectivity index (χ3v) is 8.53. The zero-order valence-corrected chi connectivity index (χ0v) is 23.6. The van der Waals surface area contributed by atoms with Crippen LogP contribution in [0.2, 0.25) is 0 Å². The molecule has 3 aromatic rings. The van der Waals surface area contributed by atoms with Gasteiger partial charge in [-0.15, -0.1) is 10.0 Å². The summed E-state index contributed by atoms with van der Waals surface area (Å²) < 4.78 is 47.5. The van der Waals surface area contributed by atoms with Gasteiger partial charge >= 0.3 is 0 Å². The highest BCUT2D eigenvalue weighted by atomic mass is 32.2. The highest BCUT2D eigenvalue weighted by Crippen LogP contribution is 2.47. The molecule has 1 saturated heterocycles. The van der Waals surface area contributed by atoms with Gasteiger partial charge in [-0.1, -0.05) is 30.0 Å². The number of hydrogen-bond donors (Lipinski definition) is 1. The van der Waals surface area contributed by atoms with E-state index < -0.39 is 17.4 Å². The van der Waals surface area contributed by atoms with Crippen molar-refractivity contribution in [3.63, 3.8) is 0 Å². The van der Waals surface area contributed by atoms with Crippen LogP contribution in [-0.4, -0.2) is 74.1 Å². The minimum atomic E-state index is -0.862. The molecular formula is C26H31F2N7O5S. The van der Waals surface area contributed by atoms with Crippen molar-refractivity contribution in [2.24, 2.45) is 5.34 Å². The summed E-state index contributed by atoms with van der Waals surface area (Å²) in [6.07, 6.45) is 1.14. The molecule has 12 nitrogen and oxygen atoms in total. The molecule has 3 heterocycles. The summed E-state index contributed by atoms with van der Waals surface area (Å²) in [7, 11) is 0. The molecule has 0 unspecified atom stereocenters. The van der Waals surface area contributed by atoms with Gasteiger partial charge in [-0.05, 0) is 44.4 Å². The highest BCUT2D eigenvalue weighted by molar-refractivity contribution is 7.99. The fraction of sp³-hybridized carbons (Fsp3) is 0.615. The Hall–Kier alpha value is -3.01. The van der Waals surface area contributed by atoms with E-state index in [2.05, 4.69) is 32.7 Å². The Labute approximate surface area is 238 Å². The number of anilines is 1. The van der Waals surface area contributed by atoms with Gasteiger partial charge in [-0.3, -0.25) is 0 Å². The van der Waals surface area contributed by atoms with Crippen LogP contribution in [-0.2, 0) is 19.0 Å². The molecule has 1 N–H and O–H groups in total. The first-order valence-electron chi connectivity index (χ1n) is 13.7. The Morgan fingerprint density at radius 1 is 1.17 bits per heavy atom.